The van der Waals surface area contributed by atoms with Gasteiger partial charge in [-0.15, -0.1) is 0 Å². The van der Waals surface area contributed by atoms with Gasteiger partial charge in [-0.3, -0.25) is 4.79 Å². The lowest BCUT2D eigenvalue weighted by molar-refractivity contribution is 0.101. The Balaban J connectivity index is 1.38. The summed E-state index contributed by atoms with van der Waals surface area (Å²) < 4.78 is 0. The Morgan fingerprint density at radius 1 is 1.16 bits per heavy atom. The van der Waals surface area contributed by atoms with Crippen LogP contribution < -0.4 is 5.32 Å². The van der Waals surface area contributed by atoms with E-state index in [1.54, 1.807) is 18.3 Å². The van der Waals surface area contributed by atoms with Gasteiger partial charge in [0.25, 0.3) is 0 Å². The maximum absolute atomic E-state index is 11.9. The summed E-state index contributed by atoms with van der Waals surface area (Å²) in [5, 5.41) is 7.90. The smallest absolute Gasteiger partial charge is 0.159 e. The Kier molecular flexibility index (Phi) is 6.32. The molecule has 6 heteroatoms. The minimum Gasteiger partial charge on any atom is -0.369 e. The summed E-state index contributed by atoms with van der Waals surface area (Å²) in [5.74, 6) is 1.90. The standard InChI is InChI=1S/C26H30N4OS/c1-18(31)20-6-7-22-21(15-20)16-23-25(22)26(27-9-5-12-30-10-3-2-4-11-30)29-24(28-23)14-19-8-13-32-17-19/h6-8,13,15,17H,2-5,9-12,14,16H2,1H3,(H,27,28,29). The van der Waals surface area contributed by atoms with Crippen LogP contribution in [0.1, 0.15) is 65.6 Å². The van der Waals surface area contributed by atoms with E-state index in [9.17, 15) is 4.79 Å². The van der Waals surface area contributed by atoms with Gasteiger partial charge in [0.1, 0.15) is 11.6 Å². The lowest BCUT2D eigenvalue weighted by Crippen LogP contribution is -2.31. The second-order valence-corrected chi connectivity index (χ2v) is 9.69. The molecular weight excluding hydrogens is 416 g/mol. The molecule has 3 aromatic rings. The molecule has 166 valence electrons. The second-order valence-electron chi connectivity index (χ2n) is 8.91. The van der Waals surface area contributed by atoms with E-state index in [0.29, 0.717) is 0 Å². The summed E-state index contributed by atoms with van der Waals surface area (Å²) in [5.41, 5.74) is 6.53. The van der Waals surface area contributed by atoms with Crippen LogP contribution in [0.5, 0.6) is 0 Å². The fraction of sp³-hybridized carbons (Fsp3) is 0.423. The third-order valence-electron chi connectivity index (χ3n) is 6.50. The normalized spacial score (nSPS) is 15.4. The Hall–Kier alpha value is -2.57. The highest BCUT2D eigenvalue weighted by atomic mass is 32.1. The number of Topliss-reactive ketones (excluding diaryl/α,β-unsaturated/α-hetero) is 1. The van der Waals surface area contributed by atoms with Crippen molar-refractivity contribution in [2.45, 2.75) is 45.4 Å². The number of hydrogen-bond acceptors (Lipinski definition) is 6. The number of benzene rings is 1. The molecule has 0 unspecified atom stereocenters. The molecule has 1 fully saturated rings. The molecule has 1 aromatic carbocycles. The zero-order chi connectivity index (χ0) is 21.9. The molecule has 5 rings (SSSR count). The van der Waals surface area contributed by atoms with Gasteiger partial charge in [0, 0.05) is 30.5 Å². The molecule has 1 saturated heterocycles. The largest absolute Gasteiger partial charge is 0.369 e. The molecule has 1 N–H and O–H groups in total. The average molecular weight is 447 g/mol. The molecule has 1 aliphatic heterocycles. The van der Waals surface area contributed by atoms with E-state index in [1.807, 2.05) is 12.1 Å². The molecule has 5 nitrogen and oxygen atoms in total. The minimum atomic E-state index is 0.101. The van der Waals surface area contributed by atoms with Gasteiger partial charge in [0.2, 0.25) is 0 Å². The van der Waals surface area contributed by atoms with Crippen molar-refractivity contribution in [3.05, 3.63) is 63.2 Å². The quantitative estimate of drug-likeness (QED) is 0.298. The zero-order valence-corrected chi connectivity index (χ0v) is 19.5. The van der Waals surface area contributed by atoms with Crippen molar-refractivity contribution < 1.29 is 4.79 Å². The maximum Gasteiger partial charge on any atom is 0.159 e. The molecule has 0 atom stereocenters. The molecule has 0 amide bonds. The summed E-state index contributed by atoms with van der Waals surface area (Å²) in [6.07, 6.45) is 6.64. The van der Waals surface area contributed by atoms with Gasteiger partial charge in [-0.2, -0.15) is 11.3 Å². The Morgan fingerprint density at radius 3 is 2.81 bits per heavy atom. The van der Waals surface area contributed by atoms with Crippen molar-refractivity contribution in [2.24, 2.45) is 0 Å². The molecule has 2 aromatic heterocycles. The zero-order valence-electron chi connectivity index (χ0n) is 18.7. The van der Waals surface area contributed by atoms with Crippen LogP contribution in [-0.2, 0) is 12.8 Å². The van der Waals surface area contributed by atoms with E-state index >= 15 is 0 Å². The predicted molar refractivity (Wildman–Crippen MR) is 131 cm³/mol. The van der Waals surface area contributed by atoms with Crippen LogP contribution in [0.25, 0.3) is 11.1 Å². The minimum absolute atomic E-state index is 0.101. The first-order valence-corrected chi connectivity index (χ1v) is 12.6. The number of carbonyl (C=O) groups is 1. The third kappa shape index (κ3) is 4.62. The molecule has 32 heavy (non-hydrogen) atoms. The van der Waals surface area contributed by atoms with Gasteiger partial charge in [-0.05, 0) is 85.4 Å². The molecule has 0 radical (unpaired) electrons. The van der Waals surface area contributed by atoms with Gasteiger partial charge >= 0.3 is 0 Å². The van der Waals surface area contributed by atoms with E-state index in [-0.39, 0.29) is 5.78 Å². The highest BCUT2D eigenvalue weighted by Gasteiger charge is 2.26. The highest BCUT2D eigenvalue weighted by Crippen LogP contribution is 2.40. The Bertz CT molecular complexity index is 1100. The molecule has 0 bridgehead atoms. The fourth-order valence-corrected chi connectivity index (χ4v) is 5.50. The SMILES string of the molecule is CC(=O)c1ccc2c(c1)Cc1nc(Cc3ccsc3)nc(NCCCN3CCCCC3)c1-2. The number of piperidine rings is 1. The van der Waals surface area contributed by atoms with Crippen LogP contribution in [0.2, 0.25) is 0 Å². The third-order valence-corrected chi connectivity index (χ3v) is 7.24. The molecular formula is C26H30N4OS. The highest BCUT2D eigenvalue weighted by molar-refractivity contribution is 7.07. The first-order valence-electron chi connectivity index (χ1n) is 11.7. The fourth-order valence-electron chi connectivity index (χ4n) is 4.83. The number of fused-ring (bicyclic) bond motifs is 3. The monoisotopic (exact) mass is 446 g/mol. The lowest BCUT2D eigenvalue weighted by atomic mass is 10.0. The van der Waals surface area contributed by atoms with Gasteiger partial charge in [0.05, 0.1) is 5.69 Å². The van der Waals surface area contributed by atoms with Gasteiger partial charge < -0.3 is 10.2 Å². The summed E-state index contributed by atoms with van der Waals surface area (Å²) in [6, 6.07) is 8.16. The van der Waals surface area contributed by atoms with E-state index in [4.69, 9.17) is 9.97 Å². The van der Waals surface area contributed by atoms with E-state index in [2.05, 4.69) is 33.1 Å². The number of ketones is 1. The number of carbonyl (C=O) groups excluding carboxylic acids is 1. The number of nitrogens with one attached hydrogen (secondary N) is 1. The van der Waals surface area contributed by atoms with Crippen LogP contribution in [0.15, 0.2) is 35.0 Å². The maximum atomic E-state index is 11.9. The lowest BCUT2D eigenvalue weighted by Gasteiger charge is -2.26. The number of anilines is 1. The van der Waals surface area contributed by atoms with Gasteiger partial charge in [-0.25, -0.2) is 9.97 Å². The summed E-state index contributed by atoms with van der Waals surface area (Å²) >= 11 is 1.71. The number of rotatable bonds is 8. The van der Waals surface area contributed by atoms with Crippen molar-refractivity contribution in [1.82, 2.24) is 14.9 Å². The number of hydrogen-bond donors (Lipinski definition) is 1. The number of thiophene rings is 1. The van der Waals surface area contributed by atoms with Crippen LogP contribution in [0, 0.1) is 0 Å². The van der Waals surface area contributed by atoms with Crippen molar-refractivity contribution >= 4 is 22.9 Å². The topological polar surface area (TPSA) is 58.1 Å². The number of aromatic nitrogens is 2. The Morgan fingerprint density at radius 2 is 2.03 bits per heavy atom. The van der Waals surface area contributed by atoms with Crippen molar-refractivity contribution in [2.75, 3.05) is 31.5 Å². The van der Waals surface area contributed by atoms with Crippen molar-refractivity contribution in [3.63, 3.8) is 0 Å². The Labute approximate surface area is 193 Å². The van der Waals surface area contributed by atoms with E-state index in [0.717, 1.165) is 66.4 Å². The summed E-state index contributed by atoms with van der Waals surface area (Å²) in [6.45, 7) is 6.14. The summed E-state index contributed by atoms with van der Waals surface area (Å²) in [7, 11) is 0. The predicted octanol–water partition coefficient (Wildman–Crippen LogP) is 5.19. The average Bonchev–Trinajstić information content (AvgIpc) is 3.44. The van der Waals surface area contributed by atoms with Crippen LogP contribution >= 0.6 is 11.3 Å². The van der Waals surface area contributed by atoms with Gasteiger partial charge in [-0.1, -0.05) is 18.6 Å². The number of likely N-dealkylation sites (tertiary alicyclic amines) is 1. The molecule has 2 aliphatic rings. The van der Waals surface area contributed by atoms with E-state index < -0.39 is 0 Å². The van der Waals surface area contributed by atoms with Crippen LogP contribution in [0.4, 0.5) is 5.82 Å². The van der Waals surface area contributed by atoms with Crippen LogP contribution in [-0.4, -0.2) is 46.8 Å². The van der Waals surface area contributed by atoms with Crippen molar-refractivity contribution in [1.29, 1.82) is 0 Å². The molecule has 3 heterocycles. The van der Waals surface area contributed by atoms with Crippen LogP contribution in [0.3, 0.4) is 0 Å². The molecule has 0 spiro atoms. The van der Waals surface area contributed by atoms with E-state index in [1.165, 1.54) is 43.5 Å². The molecule has 1 aliphatic carbocycles. The first-order chi connectivity index (χ1) is 15.7. The molecule has 0 saturated carbocycles. The second kappa shape index (κ2) is 9.51. The number of nitrogens with zero attached hydrogens (tertiary/aromatic N) is 3. The van der Waals surface area contributed by atoms with Crippen molar-refractivity contribution in [3.8, 4) is 11.1 Å². The first kappa shape index (κ1) is 21.3. The summed E-state index contributed by atoms with van der Waals surface area (Å²) in [4.78, 5) is 24.4. The van der Waals surface area contributed by atoms with Gasteiger partial charge in [0.15, 0.2) is 5.78 Å².